The third kappa shape index (κ3) is 2.20. The highest BCUT2D eigenvalue weighted by atomic mass is 16.5. The summed E-state index contributed by atoms with van der Waals surface area (Å²) in [5, 5.41) is 22.5. The minimum absolute atomic E-state index is 0.0649. The van der Waals surface area contributed by atoms with Crippen LogP contribution in [0.15, 0.2) is 54.6 Å². The third-order valence-corrected chi connectivity index (χ3v) is 5.51. The second kappa shape index (κ2) is 5.81. The summed E-state index contributed by atoms with van der Waals surface area (Å²) in [7, 11) is 0. The maximum atomic E-state index is 10.2. The number of aliphatic hydroxyl groups is 1. The van der Waals surface area contributed by atoms with E-state index < -0.39 is 0 Å². The zero-order valence-corrected chi connectivity index (χ0v) is 14.2. The molecule has 0 aliphatic carbocycles. The van der Waals surface area contributed by atoms with Gasteiger partial charge in [-0.2, -0.15) is 4.68 Å². The van der Waals surface area contributed by atoms with E-state index in [-0.39, 0.29) is 17.9 Å². The monoisotopic (exact) mass is 349 g/mol. The molecule has 0 spiro atoms. The zero-order valence-electron chi connectivity index (χ0n) is 14.2. The lowest BCUT2D eigenvalue weighted by Gasteiger charge is -2.37. The van der Waals surface area contributed by atoms with E-state index in [0.29, 0.717) is 19.1 Å². The summed E-state index contributed by atoms with van der Waals surface area (Å²) in [5.74, 6) is 1.78. The van der Waals surface area contributed by atoms with Gasteiger partial charge >= 0.3 is 0 Å². The van der Waals surface area contributed by atoms with E-state index in [2.05, 4.69) is 26.5 Å². The topological polar surface area (TPSA) is 76.3 Å². The zero-order chi connectivity index (χ0) is 17.6. The number of nitrogens with zero attached hydrogens (tertiary/aromatic N) is 5. The van der Waals surface area contributed by atoms with Crippen LogP contribution < -0.4 is 9.64 Å². The molecule has 5 rings (SSSR count). The number of rotatable bonds is 3. The van der Waals surface area contributed by atoms with E-state index in [1.165, 1.54) is 0 Å². The van der Waals surface area contributed by atoms with Crippen LogP contribution in [0, 0.1) is 5.41 Å². The maximum absolute atomic E-state index is 10.2. The highest BCUT2D eigenvalue weighted by molar-refractivity contribution is 5.48. The summed E-state index contributed by atoms with van der Waals surface area (Å²) in [6.07, 6.45) is 0. The van der Waals surface area contributed by atoms with Crippen molar-refractivity contribution in [3.05, 3.63) is 60.2 Å². The Bertz CT molecular complexity index is 928. The molecule has 7 nitrogen and oxygen atoms in total. The molecule has 0 saturated carbocycles. The molecule has 132 valence electrons. The van der Waals surface area contributed by atoms with E-state index in [0.717, 1.165) is 23.5 Å². The van der Waals surface area contributed by atoms with E-state index in [4.69, 9.17) is 4.74 Å². The van der Waals surface area contributed by atoms with Crippen LogP contribution in [0.5, 0.6) is 5.75 Å². The van der Waals surface area contributed by atoms with E-state index >= 15 is 0 Å². The summed E-state index contributed by atoms with van der Waals surface area (Å²) >= 11 is 0. The minimum atomic E-state index is -0.345. The van der Waals surface area contributed by atoms with E-state index in [1.54, 1.807) is 4.68 Å². The highest BCUT2D eigenvalue weighted by Gasteiger charge is 2.51. The van der Waals surface area contributed by atoms with Crippen molar-refractivity contribution in [1.82, 2.24) is 20.2 Å². The molecule has 3 aromatic rings. The summed E-state index contributed by atoms with van der Waals surface area (Å²) in [4.78, 5) is 2.15. The quantitative estimate of drug-likeness (QED) is 0.775. The Morgan fingerprint density at radius 1 is 1.12 bits per heavy atom. The van der Waals surface area contributed by atoms with Crippen LogP contribution in [0.25, 0.3) is 5.69 Å². The van der Waals surface area contributed by atoms with Gasteiger partial charge in [-0.25, -0.2) is 0 Å². The fourth-order valence-corrected chi connectivity index (χ4v) is 4.14. The molecule has 2 atom stereocenters. The first-order valence-electron chi connectivity index (χ1n) is 8.72. The van der Waals surface area contributed by atoms with Gasteiger partial charge in [0.1, 0.15) is 5.75 Å². The molecule has 1 fully saturated rings. The molecule has 0 bridgehead atoms. The first kappa shape index (κ1) is 15.3. The van der Waals surface area contributed by atoms with Crippen LogP contribution in [0.3, 0.4) is 0 Å². The van der Waals surface area contributed by atoms with Crippen molar-refractivity contribution in [2.45, 2.75) is 5.92 Å². The Kier molecular flexibility index (Phi) is 3.43. The van der Waals surface area contributed by atoms with Crippen molar-refractivity contribution in [3.63, 3.8) is 0 Å². The number of hydrogen-bond donors (Lipinski definition) is 1. The van der Waals surface area contributed by atoms with Gasteiger partial charge in [-0.1, -0.05) is 41.5 Å². The van der Waals surface area contributed by atoms with Crippen LogP contribution in [-0.2, 0) is 0 Å². The summed E-state index contributed by atoms with van der Waals surface area (Å²) in [5.41, 5.74) is 1.72. The predicted octanol–water partition coefficient (Wildman–Crippen LogP) is 1.64. The van der Waals surface area contributed by atoms with E-state index in [1.807, 2.05) is 48.5 Å². The van der Waals surface area contributed by atoms with Gasteiger partial charge in [-0.05, 0) is 34.2 Å². The predicted molar refractivity (Wildman–Crippen MR) is 95.6 cm³/mol. The Balaban J connectivity index is 1.54. The first-order valence-corrected chi connectivity index (χ1v) is 8.72. The SMILES string of the molecule is OC[C@]12COc3ccccc3[C@H]1CN(c1nnnn1-c1ccccc1)C2. The number of fused-ring (bicyclic) bond motifs is 3. The Morgan fingerprint density at radius 2 is 1.92 bits per heavy atom. The molecule has 2 aliphatic rings. The Hall–Kier alpha value is -2.93. The maximum Gasteiger partial charge on any atom is 0.250 e. The fraction of sp³-hybridized carbons (Fsp3) is 0.316. The third-order valence-electron chi connectivity index (χ3n) is 5.51. The second-order valence-electron chi connectivity index (χ2n) is 7.01. The second-order valence-corrected chi connectivity index (χ2v) is 7.01. The molecule has 0 amide bonds. The normalized spacial score (nSPS) is 24.0. The summed E-state index contributed by atoms with van der Waals surface area (Å²) in [6.45, 7) is 1.95. The molecule has 2 aromatic carbocycles. The van der Waals surface area contributed by atoms with Crippen molar-refractivity contribution < 1.29 is 9.84 Å². The van der Waals surface area contributed by atoms with Crippen LogP contribution in [0.4, 0.5) is 5.95 Å². The average molecular weight is 349 g/mol. The van der Waals surface area contributed by atoms with Crippen molar-refractivity contribution in [2.24, 2.45) is 5.41 Å². The van der Waals surface area contributed by atoms with Gasteiger partial charge in [0, 0.05) is 19.0 Å². The molecule has 3 heterocycles. The number of para-hydroxylation sites is 2. The number of hydrogen-bond acceptors (Lipinski definition) is 6. The summed E-state index contributed by atoms with van der Waals surface area (Å²) in [6, 6.07) is 17.9. The molecule has 0 unspecified atom stereocenters. The molecule has 1 aromatic heterocycles. The number of aromatic nitrogens is 4. The van der Waals surface area contributed by atoms with Gasteiger partial charge in [0.2, 0.25) is 5.95 Å². The molecule has 0 radical (unpaired) electrons. The lowest BCUT2D eigenvalue weighted by Crippen LogP contribution is -2.42. The number of benzene rings is 2. The minimum Gasteiger partial charge on any atom is -0.493 e. The lowest BCUT2D eigenvalue weighted by atomic mass is 9.74. The van der Waals surface area contributed by atoms with Crippen LogP contribution >= 0.6 is 0 Å². The molecular weight excluding hydrogens is 330 g/mol. The summed E-state index contributed by atoms with van der Waals surface area (Å²) < 4.78 is 7.71. The van der Waals surface area contributed by atoms with Gasteiger partial charge in [0.05, 0.1) is 24.3 Å². The van der Waals surface area contributed by atoms with Crippen molar-refractivity contribution in [3.8, 4) is 11.4 Å². The van der Waals surface area contributed by atoms with Gasteiger partial charge in [0.15, 0.2) is 0 Å². The van der Waals surface area contributed by atoms with Gasteiger partial charge in [-0.3, -0.25) is 0 Å². The highest BCUT2D eigenvalue weighted by Crippen LogP contribution is 2.49. The van der Waals surface area contributed by atoms with E-state index in [9.17, 15) is 5.11 Å². The van der Waals surface area contributed by atoms with Crippen molar-refractivity contribution >= 4 is 5.95 Å². The Morgan fingerprint density at radius 3 is 2.77 bits per heavy atom. The molecular formula is C19H19N5O2. The molecule has 7 heteroatoms. The molecule has 2 aliphatic heterocycles. The fourth-order valence-electron chi connectivity index (χ4n) is 4.14. The van der Waals surface area contributed by atoms with Crippen molar-refractivity contribution in [1.29, 1.82) is 0 Å². The smallest absolute Gasteiger partial charge is 0.250 e. The van der Waals surface area contributed by atoms with Gasteiger partial charge in [-0.15, -0.1) is 0 Å². The molecule has 1 N–H and O–H groups in total. The van der Waals surface area contributed by atoms with Crippen LogP contribution in [-0.4, -0.2) is 51.6 Å². The number of aliphatic hydroxyl groups excluding tert-OH is 1. The largest absolute Gasteiger partial charge is 0.493 e. The average Bonchev–Trinajstić information content (AvgIpc) is 3.34. The lowest BCUT2D eigenvalue weighted by molar-refractivity contribution is 0.0535. The van der Waals surface area contributed by atoms with Crippen molar-refractivity contribution in [2.75, 3.05) is 31.2 Å². The number of anilines is 1. The van der Waals surface area contributed by atoms with Gasteiger partial charge in [0.25, 0.3) is 0 Å². The number of ether oxygens (including phenoxy) is 1. The van der Waals surface area contributed by atoms with Crippen LogP contribution in [0.2, 0.25) is 0 Å². The Labute approximate surface area is 150 Å². The van der Waals surface area contributed by atoms with Gasteiger partial charge < -0.3 is 14.7 Å². The standard InChI is InChI=1S/C19H19N5O2/c25-12-19-11-23(10-16(19)15-8-4-5-9-17(15)26-13-19)18-20-21-22-24(18)14-6-2-1-3-7-14/h1-9,16,25H,10-13H2/t16-,19-/m1/s1. The first-order chi connectivity index (χ1) is 12.8. The molecule has 1 saturated heterocycles. The number of tetrazole rings is 1. The molecule has 26 heavy (non-hydrogen) atoms. The van der Waals surface area contributed by atoms with Crippen LogP contribution in [0.1, 0.15) is 11.5 Å².